The van der Waals surface area contributed by atoms with E-state index in [1.165, 1.54) is 35.4 Å². The smallest absolute Gasteiger partial charge is 0.269 e. The Hall–Kier alpha value is -3.98. The average Bonchev–Trinajstić information content (AvgIpc) is 3.40. The summed E-state index contributed by atoms with van der Waals surface area (Å²) in [5, 5.41) is 11.4. The highest BCUT2D eigenvalue weighted by molar-refractivity contribution is 6.31. The molecule has 0 bridgehead atoms. The number of amides is 3. The maximum Gasteiger partial charge on any atom is 0.269 e. The number of benzene rings is 2. The first-order valence-electron chi connectivity index (χ1n) is 9.55. The van der Waals surface area contributed by atoms with Gasteiger partial charge in [0.2, 0.25) is 5.91 Å². The van der Waals surface area contributed by atoms with Gasteiger partial charge in [0.1, 0.15) is 11.8 Å². The zero-order valence-electron chi connectivity index (χ0n) is 16.5. The Labute approximate surface area is 186 Å². The fourth-order valence-electron chi connectivity index (χ4n) is 3.51. The number of imide groups is 1. The maximum absolute atomic E-state index is 13.3. The molecule has 0 spiro atoms. The topological polar surface area (TPSA) is 114 Å². The van der Waals surface area contributed by atoms with Gasteiger partial charge in [-0.1, -0.05) is 11.6 Å². The number of nitro groups is 1. The molecule has 1 atom stereocenters. The molecule has 1 aliphatic rings. The van der Waals surface area contributed by atoms with Crippen LogP contribution in [0.4, 0.5) is 11.4 Å². The van der Waals surface area contributed by atoms with Crippen LogP contribution in [0.5, 0.6) is 0 Å². The number of hydrogen-bond donors (Lipinski definition) is 0. The van der Waals surface area contributed by atoms with E-state index in [9.17, 15) is 24.5 Å². The lowest BCUT2D eigenvalue weighted by Gasteiger charge is -2.27. The normalized spacial score (nSPS) is 15.8. The molecule has 1 saturated heterocycles. The average molecular weight is 454 g/mol. The highest BCUT2D eigenvalue weighted by Crippen LogP contribution is 2.29. The number of furan rings is 1. The number of anilines is 1. The SMILES string of the molecule is O=C1CC(N(Cc2ccco2)C(=O)c2ccc([N+](=O)[O-])cc2)C(=O)N1c1ccc(Cl)cc1. The molecule has 0 N–H and O–H groups in total. The zero-order chi connectivity index (χ0) is 22.8. The molecule has 1 fully saturated rings. The Bertz CT molecular complexity index is 1180. The van der Waals surface area contributed by atoms with E-state index in [1.807, 2.05) is 0 Å². The number of nitrogens with zero attached hydrogens (tertiary/aromatic N) is 3. The van der Waals surface area contributed by atoms with Crippen LogP contribution in [-0.2, 0) is 16.1 Å². The summed E-state index contributed by atoms with van der Waals surface area (Å²) < 4.78 is 5.34. The molecule has 9 nitrogen and oxygen atoms in total. The quantitative estimate of drug-likeness (QED) is 0.318. The van der Waals surface area contributed by atoms with E-state index in [0.29, 0.717) is 16.5 Å². The van der Waals surface area contributed by atoms with Gasteiger partial charge in [0, 0.05) is 22.7 Å². The van der Waals surface area contributed by atoms with Crippen LogP contribution in [0.15, 0.2) is 71.3 Å². The van der Waals surface area contributed by atoms with E-state index in [1.54, 1.807) is 36.4 Å². The second kappa shape index (κ2) is 8.64. The van der Waals surface area contributed by atoms with Crippen molar-refractivity contribution in [2.75, 3.05) is 4.90 Å². The van der Waals surface area contributed by atoms with Crippen LogP contribution in [-0.4, -0.2) is 33.6 Å². The summed E-state index contributed by atoms with van der Waals surface area (Å²) in [7, 11) is 0. The summed E-state index contributed by atoms with van der Waals surface area (Å²) >= 11 is 5.90. The minimum absolute atomic E-state index is 0.0546. The van der Waals surface area contributed by atoms with E-state index in [2.05, 4.69) is 0 Å². The molecule has 1 unspecified atom stereocenters. The van der Waals surface area contributed by atoms with Crippen molar-refractivity contribution in [3.8, 4) is 0 Å². The Morgan fingerprint density at radius 1 is 1.12 bits per heavy atom. The Morgan fingerprint density at radius 2 is 1.81 bits per heavy atom. The van der Waals surface area contributed by atoms with Gasteiger partial charge < -0.3 is 9.32 Å². The molecule has 162 valence electrons. The standard InChI is InChI=1S/C22H16ClN3O6/c23-15-5-9-16(10-6-15)25-20(27)12-19(22(25)29)24(13-18-2-1-11-32-18)21(28)14-3-7-17(8-4-14)26(30)31/h1-11,19H,12-13H2. The molecule has 2 heterocycles. The van der Waals surface area contributed by atoms with Crippen molar-refractivity contribution < 1.29 is 23.7 Å². The summed E-state index contributed by atoms with van der Waals surface area (Å²) in [5.41, 5.74) is 0.333. The first-order chi connectivity index (χ1) is 15.3. The van der Waals surface area contributed by atoms with Gasteiger partial charge in [-0.3, -0.25) is 24.5 Å². The number of carbonyl (C=O) groups excluding carboxylic acids is 3. The number of halogens is 1. The van der Waals surface area contributed by atoms with Gasteiger partial charge in [-0.2, -0.15) is 0 Å². The Morgan fingerprint density at radius 3 is 2.41 bits per heavy atom. The second-order valence-electron chi connectivity index (χ2n) is 7.08. The van der Waals surface area contributed by atoms with Crippen molar-refractivity contribution >= 4 is 40.7 Å². The van der Waals surface area contributed by atoms with Gasteiger partial charge >= 0.3 is 0 Å². The minimum Gasteiger partial charge on any atom is -0.467 e. The van der Waals surface area contributed by atoms with Crippen LogP contribution in [0.1, 0.15) is 22.5 Å². The zero-order valence-corrected chi connectivity index (χ0v) is 17.3. The first-order valence-corrected chi connectivity index (χ1v) is 9.93. The summed E-state index contributed by atoms with van der Waals surface area (Å²) in [6.45, 7) is -0.0546. The summed E-state index contributed by atoms with van der Waals surface area (Å²) in [6, 6.07) is 13.5. The Kier molecular flexibility index (Phi) is 5.74. The Balaban J connectivity index is 1.66. The molecule has 32 heavy (non-hydrogen) atoms. The number of carbonyl (C=O) groups is 3. The van der Waals surface area contributed by atoms with Crippen molar-refractivity contribution in [1.82, 2.24) is 4.90 Å². The summed E-state index contributed by atoms with van der Waals surface area (Å²) in [6.07, 6.45) is 1.23. The van der Waals surface area contributed by atoms with E-state index in [-0.39, 0.29) is 24.2 Å². The molecule has 2 aromatic carbocycles. The van der Waals surface area contributed by atoms with Gasteiger partial charge in [0.15, 0.2) is 0 Å². The third-order valence-corrected chi connectivity index (χ3v) is 5.33. The third kappa shape index (κ3) is 4.10. The molecule has 1 aromatic heterocycles. The van der Waals surface area contributed by atoms with Gasteiger partial charge in [-0.15, -0.1) is 0 Å². The molecule has 0 saturated carbocycles. The molecular formula is C22H16ClN3O6. The van der Waals surface area contributed by atoms with Crippen LogP contribution >= 0.6 is 11.6 Å². The maximum atomic E-state index is 13.3. The van der Waals surface area contributed by atoms with Gasteiger partial charge in [0.25, 0.3) is 17.5 Å². The van der Waals surface area contributed by atoms with Crippen molar-refractivity contribution in [2.45, 2.75) is 19.0 Å². The summed E-state index contributed by atoms with van der Waals surface area (Å²) in [5.74, 6) is -1.15. The first kappa shape index (κ1) is 21.3. The van der Waals surface area contributed by atoms with Gasteiger partial charge in [-0.05, 0) is 48.5 Å². The largest absolute Gasteiger partial charge is 0.467 e. The van der Waals surface area contributed by atoms with Gasteiger partial charge in [0.05, 0.1) is 29.8 Å². The predicted octanol–water partition coefficient (Wildman–Crippen LogP) is 3.82. The second-order valence-corrected chi connectivity index (χ2v) is 7.52. The molecule has 10 heteroatoms. The number of rotatable bonds is 6. The van der Waals surface area contributed by atoms with Crippen LogP contribution in [0, 0.1) is 10.1 Å². The van der Waals surface area contributed by atoms with Crippen molar-refractivity contribution in [1.29, 1.82) is 0 Å². The molecule has 0 aliphatic carbocycles. The summed E-state index contributed by atoms with van der Waals surface area (Å²) in [4.78, 5) is 51.8. The number of nitro benzene ring substituents is 1. The third-order valence-electron chi connectivity index (χ3n) is 5.08. The lowest BCUT2D eigenvalue weighted by molar-refractivity contribution is -0.384. The van der Waals surface area contributed by atoms with Crippen LogP contribution in [0.3, 0.4) is 0 Å². The fraction of sp³-hybridized carbons (Fsp3) is 0.136. The molecule has 1 aliphatic heterocycles. The monoisotopic (exact) mass is 453 g/mol. The minimum atomic E-state index is -1.06. The molecule has 0 radical (unpaired) electrons. The number of non-ortho nitro benzene ring substituents is 1. The molecule has 3 aromatic rings. The van der Waals surface area contributed by atoms with Crippen molar-refractivity contribution in [2.24, 2.45) is 0 Å². The van der Waals surface area contributed by atoms with E-state index < -0.39 is 28.7 Å². The predicted molar refractivity (Wildman–Crippen MR) is 114 cm³/mol. The van der Waals surface area contributed by atoms with Crippen LogP contribution < -0.4 is 4.90 Å². The highest BCUT2D eigenvalue weighted by atomic mass is 35.5. The highest BCUT2D eigenvalue weighted by Gasteiger charge is 2.44. The van der Waals surface area contributed by atoms with Crippen LogP contribution in [0.2, 0.25) is 5.02 Å². The van der Waals surface area contributed by atoms with Crippen molar-refractivity contribution in [3.63, 3.8) is 0 Å². The molecular weight excluding hydrogens is 438 g/mol. The number of hydrogen-bond acceptors (Lipinski definition) is 6. The van der Waals surface area contributed by atoms with E-state index in [4.69, 9.17) is 16.0 Å². The van der Waals surface area contributed by atoms with E-state index >= 15 is 0 Å². The van der Waals surface area contributed by atoms with Crippen LogP contribution in [0.25, 0.3) is 0 Å². The molecule has 3 amide bonds. The lowest BCUT2D eigenvalue weighted by Crippen LogP contribution is -2.45. The van der Waals surface area contributed by atoms with Crippen molar-refractivity contribution in [3.05, 3.63) is 93.4 Å². The lowest BCUT2D eigenvalue weighted by atomic mass is 10.1. The van der Waals surface area contributed by atoms with E-state index in [0.717, 1.165) is 4.90 Å². The fourth-order valence-corrected chi connectivity index (χ4v) is 3.63. The van der Waals surface area contributed by atoms with Gasteiger partial charge in [-0.25, -0.2) is 4.90 Å². The molecule has 4 rings (SSSR count).